The van der Waals surface area contributed by atoms with Crippen LogP contribution in [0.5, 0.6) is 5.75 Å². The van der Waals surface area contributed by atoms with Crippen LogP contribution in [0.3, 0.4) is 0 Å². The minimum Gasteiger partial charge on any atom is -0.495 e. The Kier molecular flexibility index (Phi) is 10.9. The number of rotatable bonds is 12. The van der Waals surface area contributed by atoms with Crippen molar-refractivity contribution in [3.63, 3.8) is 0 Å². The Morgan fingerprint density at radius 2 is 1.57 bits per heavy atom. The third-order valence-electron chi connectivity index (χ3n) is 7.52. The van der Waals surface area contributed by atoms with Crippen molar-refractivity contribution in [2.45, 2.75) is 57.2 Å². The fraction of sp³-hybridized carbons (Fsp3) is 0.375. The summed E-state index contributed by atoms with van der Waals surface area (Å²) < 4.78 is 32.2. The Morgan fingerprint density at radius 1 is 0.952 bits per heavy atom. The Balaban J connectivity index is 1.71. The molecule has 1 aliphatic carbocycles. The van der Waals surface area contributed by atoms with Gasteiger partial charge in [-0.3, -0.25) is 13.9 Å². The highest BCUT2D eigenvalue weighted by molar-refractivity contribution is 7.92. The summed E-state index contributed by atoms with van der Waals surface area (Å²) >= 11 is 6.31. The molecule has 0 saturated heterocycles. The third kappa shape index (κ3) is 8.49. The maximum atomic E-state index is 14.2. The summed E-state index contributed by atoms with van der Waals surface area (Å²) in [6.45, 7) is -0.368. The molecule has 2 amide bonds. The van der Waals surface area contributed by atoms with E-state index in [1.54, 1.807) is 6.07 Å². The number of benzene rings is 3. The SMILES string of the molecule is COc1ccc(N(CC(=O)N(Cc2ccccc2)C(Cc2ccccc2)C(=O)NC2CCCCC2)S(C)(=O)=O)cc1Cl. The van der Waals surface area contributed by atoms with Gasteiger partial charge in [0, 0.05) is 19.0 Å². The molecule has 1 N–H and O–H groups in total. The van der Waals surface area contributed by atoms with Crippen molar-refractivity contribution in [3.8, 4) is 5.75 Å². The van der Waals surface area contributed by atoms with E-state index in [4.69, 9.17) is 16.3 Å². The summed E-state index contributed by atoms with van der Waals surface area (Å²) in [6, 6.07) is 22.7. The summed E-state index contributed by atoms with van der Waals surface area (Å²) in [4.78, 5) is 29.7. The molecular formula is C32H38ClN3O5S. The zero-order valence-corrected chi connectivity index (χ0v) is 25.6. The van der Waals surface area contributed by atoms with Crippen LogP contribution in [-0.2, 0) is 32.6 Å². The van der Waals surface area contributed by atoms with Gasteiger partial charge in [-0.15, -0.1) is 0 Å². The number of carbonyl (C=O) groups is 2. The Bertz CT molecular complexity index is 1450. The van der Waals surface area contributed by atoms with Crippen LogP contribution in [0, 0.1) is 0 Å². The van der Waals surface area contributed by atoms with Gasteiger partial charge in [0.2, 0.25) is 21.8 Å². The summed E-state index contributed by atoms with van der Waals surface area (Å²) in [5.74, 6) is -0.363. The number of anilines is 1. The molecule has 3 aromatic carbocycles. The number of amides is 2. The average Bonchev–Trinajstić information content (AvgIpc) is 2.98. The van der Waals surface area contributed by atoms with Gasteiger partial charge >= 0.3 is 0 Å². The molecule has 8 nitrogen and oxygen atoms in total. The second kappa shape index (κ2) is 14.6. The molecule has 0 bridgehead atoms. The van der Waals surface area contributed by atoms with Gasteiger partial charge in [-0.1, -0.05) is 91.5 Å². The predicted octanol–water partition coefficient (Wildman–Crippen LogP) is 5.20. The Hall–Kier alpha value is -3.56. The number of nitrogens with zero attached hydrogens (tertiary/aromatic N) is 2. The van der Waals surface area contributed by atoms with Gasteiger partial charge in [-0.05, 0) is 42.2 Å². The molecule has 1 unspecified atom stereocenters. The molecule has 224 valence electrons. The molecule has 4 rings (SSSR count). The van der Waals surface area contributed by atoms with Gasteiger partial charge in [0.05, 0.1) is 24.1 Å². The van der Waals surface area contributed by atoms with Crippen molar-refractivity contribution in [3.05, 3.63) is 95.0 Å². The van der Waals surface area contributed by atoms with E-state index in [2.05, 4.69) is 5.32 Å². The third-order valence-corrected chi connectivity index (χ3v) is 8.96. The lowest BCUT2D eigenvalue weighted by Crippen LogP contribution is -2.55. The highest BCUT2D eigenvalue weighted by atomic mass is 35.5. The standard InChI is InChI=1S/C32H38ClN3O5S/c1-41-30-19-18-27(21-28(30)33)36(42(2,39)40)23-31(37)35(22-25-14-8-4-9-15-25)29(20-24-12-6-3-7-13-24)32(38)34-26-16-10-5-11-17-26/h3-4,6-9,12-15,18-19,21,26,29H,5,10-11,16-17,20,22-23H2,1-2H3,(H,34,38). The van der Waals surface area contributed by atoms with Crippen LogP contribution in [0.4, 0.5) is 5.69 Å². The Morgan fingerprint density at radius 3 is 2.14 bits per heavy atom. The lowest BCUT2D eigenvalue weighted by atomic mass is 9.94. The highest BCUT2D eigenvalue weighted by Gasteiger charge is 2.34. The van der Waals surface area contributed by atoms with E-state index in [1.165, 1.54) is 24.1 Å². The number of halogens is 1. The van der Waals surface area contributed by atoms with Crippen LogP contribution >= 0.6 is 11.6 Å². The van der Waals surface area contributed by atoms with E-state index in [-0.39, 0.29) is 35.6 Å². The largest absolute Gasteiger partial charge is 0.495 e. The number of carbonyl (C=O) groups excluding carboxylic acids is 2. The van der Waals surface area contributed by atoms with Crippen LogP contribution in [0.2, 0.25) is 5.02 Å². The van der Waals surface area contributed by atoms with Crippen LogP contribution in [-0.4, -0.2) is 57.1 Å². The first-order chi connectivity index (χ1) is 20.2. The second-order valence-electron chi connectivity index (χ2n) is 10.6. The zero-order chi connectivity index (χ0) is 30.1. The van der Waals surface area contributed by atoms with Gasteiger partial charge in [0.1, 0.15) is 18.3 Å². The minimum absolute atomic E-state index is 0.0483. The molecule has 0 heterocycles. The van der Waals surface area contributed by atoms with Crippen molar-refractivity contribution in [1.82, 2.24) is 10.2 Å². The number of nitrogens with one attached hydrogen (secondary N) is 1. The number of ether oxygens (including phenoxy) is 1. The highest BCUT2D eigenvalue weighted by Crippen LogP contribution is 2.30. The summed E-state index contributed by atoms with van der Waals surface area (Å²) in [7, 11) is -2.43. The van der Waals surface area contributed by atoms with Gasteiger partial charge in [-0.2, -0.15) is 0 Å². The molecule has 1 aliphatic rings. The second-order valence-corrected chi connectivity index (χ2v) is 13.0. The summed E-state index contributed by atoms with van der Waals surface area (Å²) in [5, 5.41) is 3.41. The fourth-order valence-corrected chi connectivity index (χ4v) is 6.40. The van der Waals surface area contributed by atoms with E-state index >= 15 is 0 Å². The molecule has 0 radical (unpaired) electrons. The summed E-state index contributed by atoms with van der Waals surface area (Å²) in [6.07, 6.45) is 6.37. The molecule has 3 aromatic rings. The molecule has 1 atom stereocenters. The smallest absolute Gasteiger partial charge is 0.244 e. The van der Waals surface area contributed by atoms with Crippen LogP contribution in [0.1, 0.15) is 43.2 Å². The quantitative estimate of drug-likeness (QED) is 0.304. The normalized spacial score (nSPS) is 14.5. The lowest BCUT2D eigenvalue weighted by Gasteiger charge is -2.35. The first-order valence-electron chi connectivity index (χ1n) is 14.1. The monoisotopic (exact) mass is 611 g/mol. The number of hydrogen-bond acceptors (Lipinski definition) is 5. The van der Waals surface area contributed by atoms with Crippen molar-refractivity contribution in [2.24, 2.45) is 0 Å². The van der Waals surface area contributed by atoms with Crippen LogP contribution in [0.15, 0.2) is 78.9 Å². The molecule has 42 heavy (non-hydrogen) atoms. The molecule has 0 aliphatic heterocycles. The maximum absolute atomic E-state index is 14.2. The molecule has 10 heteroatoms. The van der Waals surface area contributed by atoms with Gasteiger partial charge in [0.15, 0.2) is 0 Å². The first-order valence-corrected chi connectivity index (χ1v) is 16.4. The van der Waals surface area contributed by atoms with E-state index in [0.717, 1.165) is 53.8 Å². The minimum atomic E-state index is -3.90. The molecular weight excluding hydrogens is 574 g/mol. The Labute approximate surface area is 253 Å². The van der Waals surface area contributed by atoms with E-state index in [0.29, 0.717) is 5.75 Å². The van der Waals surface area contributed by atoms with Crippen molar-refractivity contribution < 1.29 is 22.7 Å². The van der Waals surface area contributed by atoms with Crippen LogP contribution < -0.4 is 14.4 Å². The number of methoxy groups -OCH3 is 1. The average molecular weight is 612 g/mol. The van der Waals surface area contributed by atoms with Crippen molar-refractivity contribution in [2.75, 3.05) is 24.2 Å². The van der Waals surface area contributed by atoms with Crippen LogP contribution in [0.25, 0.3) is 0 Å². The molecule has 0 spiro atoms. The van der Waals surface area contributed by atoms with E-state index in [9.17, 15) is 18.0 Å². The van der Waals surface area contributed by atoms with Crippen molar-refractivity contribution in [1.29, 1.82) is 0 Å². The van der Waals surface area contributed by atoms with Crippen molar-refractivity contribution >= 4 is 39.1 Å². The van der Waals surface area contributed by atoms with Gasteiger partial charge in [0.25, 0.3) is 0 Å². The number of sulfonamides is 1. The zero-order valence-electron chi connectivity index (χ0n) is 24.0. The van der Waals surface area contributed by atoms with Gasteiger partial charge in [-0.25, -0.2) is 8.42 Å². The fourth-order valence-electron chi connectivity index (χ4n) is 5.30. The maximum Gasteiger partial charge on any atom is 0.244 e. The van der Waals surface area contributed by atoms with E-state index in [1.807, 2.05) is 60.7 Å². The predicted molar refractivity (Wildman–Crippen MR) is 166 cm³/mol. The van der Waals surface area contributed by atoms with Gasteiger partial charge < -0.3 is 15.0 Å². The molecule has 1 fully saturated rings. The topological polar surface area (TPSA) is 96.0 Å². The lowest BCUT2D eigenvalue weighted by molar-refractivity contribution is -0.140. The first kappa shape index (κ1) is 31.4. The van der Waals surface area contributed by atoms with E-state index < -0.39 is 28.5 Å². The molecule has 1 saturated carbocycles. The summed E-state index contributed by atoms with van der Waals surface area (Å²) in [5.41, 5.74) is 1.95. The number of hydrogen-bond donors (Lipinski definition) is 1. The molecule has 0 aromatic heterocycles.